The van der Waals surface area contributed by atoms with Gasteiger partial charge in [0.2, 0.25) is 0 Å². The summed E-state index contributed by atoms with van der Waals surface area (Å²) in [6.07, 6.45) is 30.2. The third-order valence-electron chi connectivity index (χ3n) is 10.0. The Labute approximate surface area is 288 Å². The summed E-state index contributed by atoms with van der Waals surface area (Å²) in [5.74, 6) is -0.448. The average Bonchev–Trinajstić information content (AvgIpc) is 3.63. The average molecular weight is 665 g/mol. The van der Waals surface area contributed by atoms with Crippen LogP contribution in [0.2, 0.25) is 0 Å². The first-order valence-electron chi connectivity index (χ1n) is 19.9. The molecule has 274 valence electrons. The molecule has 6 atom stereocenters. The second-order valence-electron chi connectivity index (χ2n) is 14.6. The van der Waals surface area contributed by atoms with Crippen LogP contribution in [0.4, 0.5) is 0 Å². The molecular formula is C40H72O7. The van der Waals surface area contributed by atoms with Crippen molar-refractivity contribution >= 4 is 11.9 Å². The summed E-state index contributed by atoms with van der Waals surface area (Å²) in [7, 11) is 0. The number of aliphatic hydroxyl groups excluding tert-OH is 2. The zero-order valence-electron chi connectivity index (χ0n) is 30.6. The molecule has 1 fully saturated rings. The first kappa shape index (κ1) is 41.7. The lowest BCUT2D eigenvalue weighted by atomic mass is 9.98. The van der Waals surface area contributed by atoms with Crippen LogP contribution in [-0.4, -0.2) is 58.8 Å². The van der Waals surface area contributed by atoms with Crippen LogP contribution < -0.4 is 0 Å². The van der Waals surface area contributed by atoms with E-state index in [-0.39, 0.29) is 36.4 Å². The van der Waals surface area contributed by atoms with Crippen molar-refractivity contribution in [3.05, 3.63) is 11.6 Å². The molecule has 2 N–H and O–H groups in total. The molecule has 0 radical (unpaired) electrons. The minimum atomic E-state index is -0.483. The molecule has 7 nitrogen and oxygen atoms in total. The summed E-state index contributed by atoms with van der Waals surface area (Å²) in [6, 6.07) is 0. The van der Waals surface area contributed by atoms with Gasteiger partial charge in [0.15, 0.2) is 0 Å². The maximum Gasteiger partial charge on any atom is 0.334 e. The number of aliphatic hydroxyl groups is 2. The van der Waals surface area contributed by atoms with E-state index in [9.17, 15) is 19.8 Å². The quantitative estimate of drug-likeness (QED) is 0.0582. The number of rotatable bonds is 30. The van der Waals surface area contributed by atoms with Crippen molar-refractivity contribution in [1.82, 2.24) is 0 Å². The Morgan fingerprint density at radius 2 is 1.34 bits per heavy atom. The second-order valence-corrected chi connectivity index (χ2v) is 14.6. The summed E-state index contributed by atoms with van der Waals surface area (Å²) in [6.45, 7) is 5.59. The zero-order valence-corrected chi connectivity index (χ0v) is 30.6. The Hall–Kier alpha value is -1.44. The molecule has 0 aromatic rings. The highest BCUT2D eigenvalue weighted by Gasteiger charge is 2.33. The van der Waals surface area contributed by atoms with E-state index in [1.165, 1.54) is 110 Å². The zero-order chi connectivity index (χ0) is 34.1. The van der Waals surface area contributed by atoms with Gasteiger partial charge in [-0.1, -0.05) is 129 Å². The fourth-order valence-corrected chi connectivity index (χ4v) is 7.28. The van der Waals surface area contributed by atoms with Gasteiger partial charge in [0.1, 0.15) is 12.2 Å². The first-order chi connectivity index (χ1) is 22.8. The third-order valence-corrected chi connectivity index (χ3v) is 10.0. The van der Waals surface area contributed by atoms with E-state index < -0.39 is 12.2 Å². The van der Waals surface area contributed by atoms with Crippen molar-refractivity contribution in [3.63, 3.8) is 0 Å². The second kappa shape index (κ2) is 26.4. The van der Waals surface area contributed by atoms with E-state index in [4.69, 9.17) is 14.2 Å². The normalized spacial score (nSPS) is 21.4. The molecule has 0 aromatic heterocycles. The summed E-state index contributed by atoms with van der Waals surface area (Å²) in [4.78, 5) is 23.4. The Morgan fingerprint density at radius 3 is 1.87 bits per heavy atom. The first-order valence-corrected chi connectivity index (χ1v) is 19.9. The van der Waals surface area contributed by atoms with Gasteiger partial charge < -0.3 is 24.4 Å². The number of hydrogen-bond donors (Lipinski definition) is 2. The van der Waals surface area contributed by atoms with Gasteiger partial charge in [-0.3, -0.25) is 4.79 Å². The lowest BCUT2D eigenvalue weighted by Gasteiger charge is -2.24. The van der Waals surface area contributed by atoms with Crippen molar-refractivity contribution in [3.8, 4) is 0 Å². The molecule has 7 heteroatoms. The molecule has 0 aromatic carbocycles. The molecule has 0 bridgehead atoms. The van der Waals surface area contributed by atoms with E-state index in [0.717, 1.165) is 63.4 Å². The monoisotopic (exact) mass is 665 g/mol. The van der Waals surface area contributed by atoms with Gasteiger partial charge in [0.05, 0.1) is 24.4 Å². The summed E-state index contributed by atoms with van der Waals surface area (Å²) < 4.78 is 17.0. The molecule has 0 saturated carbocycles. The fraction of sp³-hybridized carbons (Fsp3) is 0.900. The van der Waals surface area contributed by atoms with Crippen LogP contribution in [0.5, 0.6) is 0 Å². The maximum absolute atomic E-state index is 11.8. The number of carbonyl (C=O) groups is 2. The molecule has 0 amide bonds. The van der Waals surface area contributed by atoms with Crippen LogP contribution in [-0.2, 0) is 23.8 Å². The Kier molecular flexibility index (Phi) is 23.5. The van der Waals surface area contributed by atoms with Crippen LogP contribution in [0, 0.1) is 0 Å². The lowest BCUT2D eigenvalue weighted by molar-refractivity contribution is -0.150. The van der Waals surface area contributed by atoms with Gasteiger partial charge in [-0.25, -0.2) is 4.79 Å². The van der Waals surface area contributed by atoms with Crippen molar-refractivity contribution in [2.75, 3.05) is 0 Å². The number of hydrogen-bond acceptors (Lipinski definition) is 7. The van der Waals surface area contributed by atoms with Gasteiger partial charge in [0.25, 0.3) is 0 Å². The lowest BCUT2D eigenvalue weighted by Crippen LogP contribution is -2.30. The van der Waals surface area contributed by atoms with Crippen molar-refractivity contribution < 1.29 is 34.0 Å². The molecule has 0 spiro atoms. The van der Waals surface area contributed by atoms with E-state index in [0.29, 0.717) is 12.8 Å². The number of esters is 2. The van der Waals surface area contributed by atoms with Crippen molar-refractivity contribution in [1.29, 1.82) is 0 Å². The largest absolute Gasteiger partial charge is 0.462 e. The van der Waals surface area contributed by atoms with Gasteiger partial charge in [-0.2, -0.15) is 0 Å². The minimum absolute atomic E-state index is 0.0359. The van der Waals surface area contributed by atoms with Gasteiger partial charge in [-0.05, 0) is 51.5 Å². The van der Waals surface area contributed by atoms with Crippen LogP contribution >= 0.6 is 0 Å². The fourth-order valence-electron chi connectivity index (χ4n) is 7.28. The molecule has 2 aliphatic rings. The number of ether oxygens (including phenoxy) is 3. The predicted octanol–water partition coefficient (Wildman–Crippen LogP) is 9.83. The molecule has 2 aliphatic heterocycles. The van der Waals surface area contributed by atoms with E-state index in [1.807, 2.05) is 13.0 Å². The smallest absolute Gasteiger partial charge is 0.334 e. The van der Waals surface area contributed by atoms with Gasteiger partial charge in [-0.15, -0.1) is 0 Å². The Balaban J connectivity index is 1.47. The molecular weight excluding hydrogens is 592 g/mol. The number of unbranched alkanes of at least 4 members (excludes halogenated alkanes) is 18. The third kappa shape index (κ3) is 20.6. The molecule has 0 aliphatic carbocycles. The SMILES string of the molecule is CCCCCCCCCCCCC(O)C1CCC(CC(CC(O)CCCCCCCCCCCCC2=CC(C)OC2=O)OC(C)=O)O1. The van der Waals surface area contributed by atoms with E-state index >= 15 is 0 Å². The van der Waals surface area contributed by atoms with Crippen molar-refractivity contribution in [2.45, 2.75) is 231 Å². The van der Waals surface area contributed by atoms with E-state index in [1.54, 1.807) is 0 Å². The molecule has 2 heterocycles. The maximum atomic E-state index is 11.8. The Morgan fingerprint density at radius 1 is 0.809 bits per heavy atom. The Bertz CT molecular complexity index is 842. The minimum Gasteiger partial charge on any atom is -0.462 e. The van der Waals surface area contributed by atoms with Crippen molar-refractivity contribution in [2.24, 2.45) is 0 Å². The number of carbonyl (C=O) groups excluding carboxylic acids is 2. The molecule has 2 rings (SSSR count). The van der Waals surface area contributed by atoms with Crippen LogP contribution in [0.1, 0.15) is 194 Å². The topological polar surface area (TPSA) is 102 Å². The van der Waals surface area contributed by atoms with Gasteiger partial charge >= 0.3 is 11.9 Å². The number of cyclic esters (lactones) is 1. The van der Waals surface area contributed by atoms with Crippen LogP contribution in [0.15, 0.2) is 11.6 Å². The summed E-state index contributed by atoms with van der Waals surface area (Å²) in [5, 5.41) is 21.4. The standard InChI is InChI=1S/C40H72O7/c1-4-5-6-7-8-9-14-17-20-23-26-38(43)39-28-27-36(47-39)31-37(46-33(3)41)30-35(42)25-22-19-16-13-11-10-12-15-18-21-24-34-29-32(2)45-40(34)44/h29,32,35-39,42-43H,4-28,30-31H2,1-3H3. The highest BCUT2D eigenvalue weighted by molar-refractivity contribution is 5.90. The highest BCUT2D eigenvalue weighted by atomic mass is 16.6. The van der Waals surface area contributed by atoms with Crippen LogP contribution in [0.3, 0.4) is 0 Å². The highest BCUT2D eigenvalue weighted by Crippen LogP contribution is 2.29. The predicted molar refractivity (Wildman–Crippen MR) is 190 cm³/mol. The van der Waals surface area contributed by atoms with Gasteiger partial charge in [0, 0.05) is 25.3 Å². The van der Waals surface area contributed by atoms with E-state index in [2.05, 4.69) is 6.92 Å². The summed E-state index contributed by atoms with van der Waals surface area (Å²) >= 11 is 0. The molecule has 6 unspecified atom stereocenters. The molecule has 1 saturated heterocycles. The molecule has 47 heavy (non-hydrogen) atoms. The van der Waals surface area contributed by atoms with Crippen LogP contribution in [0.25, 0.3) is 0 Å². The summed E-state index contributed by atoms with van der Waals surface area (Å²) in [5.41, 5.74) is 0.853.